The highest BCUT2D eigenvalue weighted by Gasteiger charge is 1.96. The lowest BCUT2D eigenvalue weighted by Gasteiger charge is -2.09. The molecule has 1 aromatic rings. The lowest BCUT2D eigenvalue weighted by Crippen LogP contribution is -1.96. The number of rotatable bonds is 2. The van der Waals surface area contributed by atoms with Crippen LogP contribution >= 0.6 is 0 Å². The minimum Gasteiger partial charge on any atom is -0.359 e. The van der Waals surface area contributed by atoms with Gasteiger partial charge in [-0.2, -0.15) is 0 Å². The van der Waals surface area contributed by atoms with Gasteiger partial charge in [0.1, 0.15) is 0 Å². The molecule has 0 aliphatic rings. The van der Waals surface area contributed by atoms with Crippen LogP contribution in [0.4, 0.5) is 5.69 Å². The topological polar surface area (TPSA) is 12.0 Å². The van der Waals surface area contributed by atoms with Crippen LogP contribution in [0, 0.1) is 13.8 Å². The summed E-state index contributed by atoms with van der Waals surface area (Å²) in [6.07, 6.45) is 0. The molecule has 0 heterocycles. The first-order valence-corrected chi connectivity index (χ1v) is 4.09. The molecule has 1 nitrogen and oxygen atoms in total. The molecule has 0 atom stereocenters. The fourth-order valence-electron chi connectivity index (χ4n) is 1.10. The molecule has 1 rings (SSSR count). The van der Waals surface area contributed by atoms with E-state index < -0.39 is 0 Å². The molecule has 0 spiro atoms. The highest BCUT2D eigenvalue weighted by Crippen LogP contribution is 2.17. The Bertz CT molecular complexity index is 300. The Hall–Kier alpha value is -1.24. The van der Waals surface area contributed by atoms with E-state index in [1.54, 1.807) is 0 Å². The van der Waals surface area contributed by atoms with Crippen molar-refractivity contribution in [3.05, 3.63) is 41.6 Å². The standard InChI is InChI=1S/C11H15N/c1-8(2)12-11-7-9(3)5-6-10(11)4/h5-7,12H,1H2,2-4H3. The van der Waals surface area contributed by atoms with Gasteiger partial charge in [0.25, 0.3) is 0 Å². The highest BCUT2D eigenvalue weighted by molar-refractivity contribution is 5.55. The smallest absolute Gasteiger partial charge is 0.0413 e. The molecule has 1 N–H and O–H groups in total. The highest BCUT2D eigenvalue weighted by atomic mass is 14.9. The third-order valence-corrected chi connectivity index (χ3v) is 1.74. The van der Waals surface area contributed by atoms with E-state index in [-0.39, 0.29) is 0 Å². The Kier molecular flexibility index (Phi) is 2.54. The molecule has 0 saturated heterocycles. The van der Waals surface area contributed by atoms with E-state index in [1.807, 2.05) is 6.92 Å². The average Bonchev–Trinajstić information content (AvgIpc) is 1.96. The third kappa shape index (κ3) is 2.12. The van der Waals surface area contributed by atoms with Gasteiger partial charge in [-0.25, -0.2) is 0 Å². The first-order valence-electron chi connectivity index (χ1n) is 4.09. The lowest BCUT2D eigenvalue weighted by atomic mass is 10.1. The van der Waals surface area contributed by atoms with E-state index >= 15 is 0 Å². The van der Waals surface area contributed by atoms with E-state index in [4.69, 9.17) is 0 Å². The van der Waals surface area contributed by atoms with Gasteiger partial charge in [-0.15, -0.1) is 0 Å². The van der Waals surface area contributed by atoms with Gasteiger partial charge in [0.15, 0.2) is 0 Å². The van der Waals surface area contributed by atoms with Gasteiger partial charge in [-0.05, 0) is 38.0 Å². The summed E-state index contributed by atoms with van der Waals surface area (Å²) in [5.41, 5.74) is 4.65. The van der Waals surface area contributed by atoms with Gasteiger partial charge in [0.2, 0.25) is 0 Å². The van der Waals surface area contributed by atoms with Gasteiger partial charge in [0, 0.05) is 11.4 Å². The molecule has 0 aromatic heterocycles. The summed E-state index contributed by atoms with van der Waals surface area (Å²) in [4.78, 5) is 0. The van der Waals surface area contributed by atoms with Crippen molar-refractivity contribution in [3.8, 4) is 0 Å². The predicted octanol–water partition coefficient (Wildman–Crippen LogP) is 3.25. The normalized spacial score (nSPS) is 9.58. The van der Waals surface area contributed by atoms with Crippen molar-refractivity contribution in [2.45, 2.75) is 20.8 Å². The van der Waals surface area contributed by atoms with Crippen molar-refractivity contribution >= 4 is 5.69 Å². The lowest BCUT2D eigenvalue weighted by molar-refractivity contribution is 1.33. The fraction of sp³-hybridized carbons (Fsp3) is 0.273. The number of aryl methyl sites for hydroxylation is 2. The molecule has 0 unspecified atom stereocenters. The van der Waals surface area contributed by atoms with Gasteiger partial charge in [-0.3, -0.25) is 0 Å². The number of hydrogen-bond acceptors (Lipinski definition) is 1. The maximum absolute atomic E-state index is 3.81. The summed E-state index contributed by atoms with van der Waals surface area (Å²) < 4.78 is 0. The molecular weight excluding hydrogens is 146 g/mol. The van der Waals surface area contributed by atoms with Crippen LogP contribution in [0.5, 0.6) is 0 Å². The Labute approximate surface area is 74.1 Å². The monoisotopic (exact) mass is 161 g/mol. The molecule has 0 radical (unpaired) electrons. The van der Waals surface area contributed by atoms with Gasteiger partial charge in [-0.1, -0.05) is 18.7 Å². The zero-order chi connectivity index (χ0) is 9.14. The fourth-order valence-corrected chi connectivity index (χ4v) is 1.10. The Morgan fingerprint density at radius 2 is 2.00 bits per heavy atom. The summed E-state index contributed by atoms with van der Waals surface area (Å²) >= 11 is 0. The molecule has 0 amide bonds. The van der Waals surface area contributed by atoms with Crippen LogP contribution in [0.25, 0.3) is 0 Å². The molecule has 0 aliphatic carbocycles. The van der Waals surface area contributed by atoms with Crippen molar-refractivity contribution in [1.29, 1.82) is 0 Å². The van der Waals surface area contributed by atoms with Gasteiger partial charge in [0.05, 0.1) is 0 Å². The Balaban J connectivity index is 2.97. The van der Waals surface area contributed by atoms with Crippen molar-refractivity contribution in [2.75, 3.05) is 5.32 Å². The van der Waals surface area contributed by atoms with Crippen LogP contribution in [0.3, 0.4) is 0 Å². The van der Waals surface area contributed by atoms with Crippen molar-refractivity contribution in [3.63, 3.8) is 0 Å². The zero-order valence-corrected chi connectivity index (χ0v) is 7.94. The molecule has 0 aliphatic heterocycles. The molecule has 0 bridgehead atoms. The molecule has 1 heteroatoms. The second-order valence-corrected chi connectivity index (χ2v) is 3.22. The van der Waals surface area contributed by atoms with E-state index in [9.17, 15) is 0 Å². The summed E-state index contributed by atoms with van der Waals surface area (Å²) in [6, 6.07) is 6.35. The summed E-state index contributed by atoms with van der Waals surface area (Å²) in [7, 11) is 0. The number of benzene rings is 1. The van der Waals surface area contributed by atoms with E-state index in [2.05, 4.69) is 43.9 Å². The molecule has 64 valence electrons. The van der Waals surface area contributed by atoms with E-state index in [0.717, 1.165) is 11.4 Å². The van der Waals surface area contributed by atoms with Crippen LogP contribution in [0.15, 0.2) is 30.5 Å². The van der Waals surface area contributed by atoms with Gasteiger partial charge < -0.3 is 5.32 Å². The zero-order valence-electron chi connectivity index (χ0n) is 7.94. The number of anilines is 1. The number of hydrogen-bond donors (Lipinski definition) is 1. The second kappa shape index (κ2) is 3.44. The van der Waals surface area contributed by atoms with Crippen LogP contribution in [0.1, 0.15) is 18.1 Å². The van der Waals surface area contributed by atoms with Crippen molar-refractivity contribution in [1.82, 2.24) is 0 Å². The molecule has 0 saturated carbocycles. The second-order valence-electron chi connectivity index (χ2n) is 3.22. The van der Waals surface area contributed by atoms with Crippen LogP contribution in [0.2, 0.25) is 0 Å². The van der Waals surface area contributed by atoms with Crippen LogP contribution < -0.4 is 5.32 Å². The largest absolute Gasteiger partial charge is 0.359 e. The molecular formula is C11H15N. The SMILES string of the molecule is C=C(C)Nc1cc(C)ccc1C. The minimum absolute atomic E-state index is 0.976. The maximum Gasteiger partial charge on any atom is 0.0413 e. The molecule has 1 aromatic carbocycles. The third-order valence-electron chi connectivity index (χ3n) is 1.74. The first-order chi connectivity index (χ1) is 5.59. The van der Waals surface area contributed by atoms with E-state index in [1.165, 1.54) is 11.1 Å². The molecule has 0 fully saturated rings. The average molecular weight is 161 g/mol. The summed E-state index contributed by atoms with van der Waals surface area (Å²) in [5, 5.41) is 3.22. The quantitative estimate of drug-likeness (QED) is 0.702. The first kappa shape index (κ1) is 8.85. The minimum atomic E-state index is 0.976. The number of allylic oxidation sites excluding steroid dienone is 1. The van der Waals surface area contributed by atoms with Gasteiger partial charge >= 0.3 is 0 Å². The van der Waals surface area contributed by atoms with Crippen LogP contribution in [-0.4, -0.2) is 0 Å². The predicted molar refractivity (Wildman–Crippen MR) is 54.4 cm³/mol. The Morgan fingerprint density at radius 1 is 1.33 bits per heavy atom. The van der Waals surface area contributed by atoms with Crippen LogP contribution in [-0.2, 0) is 0 Å². The van der Waals surface area contributed by atoms with E-state index in [0.29, 0.717) is 0 Å². The summed E-state index contributed by atoms with van der Waals surface area (Å²) in [5.74, 6) is 0. The maximum atomic E-state index is 3.81. The number of nitrogens with one attached hydrogen (secondary N) is 1. The van der Waals surface area contributed by atoms with Crippen molar-refractivity contribution in [2.24, 2.45) is 0 Å². The molecule has 12 heavy (non-hydrogen) atoms. The summed E-state index contributed by atoms with van der Waals surface area (Å²) in [6.45, 7) is 9.94. The Morgan fingerprint density at radius 3 is 2.58 bits per heavy atom. The van der Waals surface area contributed by atoms with Crippen molar-refractivity contribution < 1.29 is 0 Å².